The van der Waals surface area contributed by atoms with E-state index in [4.69, 9.17) is 4.74 Å². The van der Waals surface area contributed by atoms with Gasteiger partial charge in [0.15, 0.2) is 0 Å². The zero-order valence-electron chi connectivity index (χ0n) is 17.8. The van der Waals surface area contributed by atoms with E-state index in [1.807, 2.05) is 19.1 Å². The molecule has 0 bridgehead atoms. The van der Waals surface area contributed by atoms with E-state index in [2.05, 4.69) is 45.4 Å². The number of carbonyl (C=O) groups is 1. The zero-order valence-corrected chi connectivity index (χ0v) is 17.8. The zero-order chi connectivity index (χ0) is 20.8. The average Bonchev–Trinajstić information content (AvgIpc) is 3.22. The van der Waals surface area contributed by atoms with E-state index in [1.54, 1.807) is 13.0 Å². The van der Waals surface area contributed by atoms with Crippen LogP contribution in [0.3, 0.4) is 0 Å². The number of carbonyl (C=O) groups excluding carboxylic acids is 1. The number of nitrogens with zero attached hydrogens (tertiary/aromatic N) is 3. The van der Waals surface area contributed by atoms with Gasteiger partial charge in [0, 0.05) is 43.7 Å². The van der Waals surface area contributed by atoms with Crippen LogP contribution in [0.15, 0.2) is 24.3 Å². The minimum Gasteiger partial charge on any atom is -0.376 e. The van der Waals surface area contributed by atoms with Gasteiger partial charge >= 0.3 is 0 Å². The Hall–Kier alpha value is -2.67. The van der Waals surface area contributed by atoms with Crippen molar-refractivity contribution in [3.63, 3.8) is 0 Å². The van der Waals surface area contributed by atoms with Crippen molar-refractivity contribution in [2.45, 2.75) is 46.6 Å². The van der Waals surface area contributed by atoms with E-state index in [-0.39, 0.29) is 12.0 Å². The highest BCUT2D eigenvalue weighted by atomic mass is 16.5. The third kappa shape index (κ3) is 5.44. The van der Waals surface area contributed by atoms with Crippen LogP contribution in [0.2, 0.25) is 0 Å². The van der Waals surface area contributed by atoms with Gasteiger partial charge in [-0.2, -0.15) is 0 Å². The van der Waals surface area contributed by atoms with E-state index in [0.29, 0.717) is 23.9 Å². The van der Waals surface area contributed by atoms with Gasteiger partial charge in [-0.3, -0.25) is 4.79 Å². The highest BCUT2D eigenvalue weighted by Gasteiger charge is 2.17. The number of aromatic nitrogens is 2. The summed E-state index contributed by atoms with van der Waals surface area (Å²) >= 11 is 0. The predicted octanol–water partition coefficient (Wildman–Crippen LogP) is 3.78. The molecular weight excluding hydrogens is 366 g/mol. The quantitative estimate of drug-likeness (QED) is 0.706. The van der Waals surface area contributed by atoms with Crippen LogP contribution in [0.5, 0.6) is 0 Å². The summed E-state index contributed by atoms with van der Waals surface area (Å²) in [6, 6.07) is 7.78. The molecule has 1 aliphatic rings. The fourth-order valence-corrected chi connectivity index (χ4v) is 3.56. The number of hydrogen-bond acceptors (Lipinski definition) is 6. The molecule has 0 aliphatic carbocycles. The largest absolute Gasteiger partial charge is 0.376 e. The molecule has 7 heteroatoms. The molecule has 1 saturated heterocycles. The van der Waals surface area contributed by atoms with Crippen molar-refractivity contribution >= 4 is 23.1 Å². The van der Waals surface area contributed by atoms with Crippen LogP contribution in [0, 0.1) is 13.8 Å². The van der Waals surface area contributed by atoms with Crippen molar-refractivity contribution in [2.24, 2.45) is 0 Å². The van der Waals surface area contributed by atoms with Crippen molar-refractivity contribution in [2.75, 3.05) is 41.8 Å². The second-order valence-corrected chi connectivity index (χ2v) is 7.33. The number of ether oxygens (including phenoxy) is 1. The Kier molecular flexibility index (Phi) is 7.04. The first kappa shape index (κ1) is 21.0. The van der Waals surface area contributed by atoms with E-state index >= 15 is 0 Å². The summed E-state index contributed by atoms with van der Waals surface area (Å²) in [5.74, 6) is 0.960. The van der Waals surface area contributed by atoms with Crippen molar-refractivity contribution in [1.29, 1.82) is 0 Å². The van der Waals surface area contributed by atoms with Gasteiger partial charge in [0.05, 0.1) is 6.10 Å². The Balaban J connectivity index is 1.69. The third-order valence-electron chi connectivity index (χ3n) is 5.19. The summed E-state index contributed by atoms with van der Waals surface area (Å²) < 4.78 is 5.63. The molecule has 0 saturated carbocycles. The first-order valence-corrected chi connectivity index (χ1v) is 10.4. The van der Waals surface area contributed by atoms with Crippen molar-refractivity contribution < 1.29 is 9.53 Å². The highest BCUT2D eigenvalue weighted by molar-refractivity contribution is 6.03. The van der Waals surface area contributed by atoms with Crippen LogP contribution < -0.4 is 15.5 Å². The van der Waals surface area contributed by atoms with Gasteiger partial charge in [0.2, 0.25) is 0 Å². The lowest BCUT2D eigenvalue weighted by atomic mass is 10.1. The second-order valence-electron chi connectivity index (χ2n) is 7.33. The molecule has 1 aromatic heterocycles. The first-order valence-electron chi connectivity index (χ1n) is 10.4. The normalized spacial score (nSPS) is 15.9. The summed E-state index contributed by atoms with van der Waals surface area (Å²) in [6.45, 7) is 11.5. The molecule has 29 heavy (non-hydrogen) atoms. The lowest BCUT2D eigenvalue weighted by Gasteiger charge is -2.22. The average molecular weight is 398 g/mol. The molecular formula is C22H31N5O2. The Morgan fingerprint density at radius 2 is 2.00 bits per heavy atom. The van der Waals surface area contributed by atoms with E-state index < -0.39 is 0 Å². The number of hydrogen-bond donors (Lipinski definition) is 2. The molecule has 1 aromatic carbocycles. The van der Waals surface area contributed by atoms with Gasteiger partial charge in [-0.05, 0) is 64.3 Å². The number of aryl methyl sites for hydroxylation is 2. The van der Waals surface area contributed by atoms with Gasteiger partial charge in [-0.15, -0.1) is 0 Å². The Bertz CT molecular complexity index is 845. The lowest BCUT2D eigenvalue weighted by molar-refractivity contribution is 0.102. The molecule has 3 rings (SSSR count). The molecule has 1 atom stereocenters. The standard InChI is InChI=1S/C22H31N5O2/c1-5-27(6-2)17-9-10-19(15(3)12-17)26-22(28)20-13-21(25-16(4)24-20)23-14-18-8-7-11-29-18/h9-10,12-13,18H,5-8,11,14H2,1-4H3,(H,26,28)(H,23,24,25). The number of nitrogens with one attached hydrogen (secondary N) is 2. The van der Waals surface area contributed by atoms with Gasteiger partial charge in [-0.25, -0.2) is 9.97 Å². The van der Waals surface area contributed by atoms with Crippen LogP contribution in [0.1, 0.15) is 48.6 Å². The van der Waals surface area contributed by atoms with Gasteiger partial charge in [-0.1, -0.05) is 0 Å². The number of benzene rings is 1. The maximum atomic E-state index is 12.8. The molecule has 0 radical (unpaired) electrons. The Morgan fingerprint density at radius 1 is 1.21 bits per heavy atom. The monoisotopic (exact) mass is 397 g/mol. The molecule has 2 aromatic rings. The van der Waals surface area contributed by atoms with Crippen LogP contribution in [-0.2, 0) is 4.74 Å². The van der Waals surface area contributed by atoms with Crippen molar-refractivity contribution in [3.05, 3.63) is 41.3 Å². The minimum atomic E-state index is -0.241. The van der Waals surface area contributed by atoms with Crippen molar-refractivity contribution in [3.8, 4) is 0 Å². The Morgan fingerprint density at radius 3 is 2.66 bits per heavy atom. The van der Waals surface area contributed by atoms with Gasteiger partial charge in [0.25, 0.3) is 5.91 Å². The summed E-state index contributed by atoms with van der Waals surface area (Å²) in [7, 11) is 0. The molecule has 7 nitrogen and oxygen atoms in total. The van der Waals surface area contributed by atoms with E-state index in [1.165, 1.54) is 0 Å². The fourth-order valence-electron chi connectivity index (χ4n) is 3.56. The topological polar surface area (TPSA) is 79.4 Å². The minimum absolute atomic E-state index is 0.203. The van der Waals surface area contributed by atoms with Crippen LogP contribution in [-0.4, -0.2) is 48.2 Å². The maximum absolute atomic E-state index is 12.8. The molecule has 2 N–H and O–H groups in total. The molecule has 1 aliphatic heterocycles. The predicted molar refractivity (Wildman–Crippen MR) is 117 cm³/mol. The molecule has 1 fully saturated rings. The molecule has 1 amide bonds. The number of rotatable bonds is 8. The first-order chi connectivity index (χ1) is 14.0. The Labute approximate surface area is 172 Å². The van der Waals surface area contributed by atoms with Crippen molar-refractivity contribution in [1.82, 2.24) is 9.97 Å². The summed E-state index contributed by atoms with van der Waals surface area (Å²) in [5, 5.41) is 6.25. The number of amides is 1. The molecule has 1 unspecified atom stereocenters. The highest BCUT2D eigenvalue weighted by Crippen LogP contribution is 2.23. The van der Waals surface area contributed by atoms with Crippen LogP contribution >= 0.6 is 0 Å². The lowest BCUT2D eigenvalue weighted by Crippen LogP contribution is -2.22. The fraction of sp³-hybridized carbons (Fsp3) is 0.500. The molecule has 0 spiro atoms. The number of anilines is 3. The molecule has 156 valence electrons. The second kappa shape index (κ2) is 9.69. The summed E-state index contributed by atoms with van der Waals surface area (Å²) in [5.41, 5.74) is 3.31. The van der Waals surface area contributed by atoms with Gasteiger partial charge < -0.3 is 20.3 Å². The molecule has 2 heterocycles. The van der Waals surface area contributed by atoms with Crippen LogP contribution in [0.25, 0.3) is 0 Å². The summed E-state index contributed by atoms with van der Waals surface area (Å²) in [4.78, 5) is 23.8. The SMILES string of the molecule is CCN(CC)c1ccc(NC(=O)c2cc(NCC3CCCO3)nc(C)n2)c(C)c1. The van der Waals surface area contributed by atoms with E-state index in [9.17, 15) is 4.79 Å². The smallest absolute Gasteiger partial charge is 0.274 e. The maximum Gasteiger partial charge on any atom is 0.274 e. The summed E-state index contributed by atoms with van der Waals surface area (Å²) in [6.07, 6.45) is 2.34. The van der Waals surface area contributed by atoms with Crippen LogP contribution in [0.4, 0.5) is 17.2 Å². The van der Waals surface area contributed by atoms with Gasteiger partial charge in [0.1, 0.15) is 17.3 Å². The van der Waals surface area contributed by atoms with E-state index in [0.717, 1.165) is 49.5 Å². The third-order valence-corrected chi connectivity index (χ3v) is 5.19.